The van der Waals surface area contributed by atoms with Gasteiger partial charge in [-0.05, 0) is 0 Å². The Bertz CT molecular complexity index is 569. The van der Waals surface area contributed by atoms with Crippen molar-refractivity contribution in [3.8, 4) is 0 Å². The number of carbonyl (C=O) groups excluding carboxylic acids is 4. The molecule has 0 aromatic heterocycles. The van der Waals surface area contributed by atoms with Crippen molar-refractivity contribution in [1.82, 2.24) is 0 Å². The number of aliphatic hydroxyl groups excluding tert-OH is 6. The van der Waals surface area contributed by atoms with Gasteiger partial charge in [0, 0.05) is 0 Å². The van der Waals surface area contributed by atoms with E-state index in [9.17, 15) is 19.2 Å². The van der Waals surface area contributed by atoms with Gasteiger partial charge in [-0.3, -0.25) is 9.59 Å². The quantitative estimate of drug-likeness (QED) is 0.212. The van der Waals surface area contributed by atoms with E-state index in [1.807, 2.05) is 0 Å². The van der Waals surface area contributed by atoms with Crippen LogP contribution in [0.25, 0.3) is 0 Å². The number of hydrogen-bond acceptors (Lipinski definition) is 12. The molecule has 12 heteroatoms. The largest absolute Gasteiger partial charge is 0.505 e. The standard InChI is InChI=1S/C6H8O6.C6H6O6/c2*7-1-2(8)5-3(9)4(10)6(11)12-5/h2,5,7-10H,1H2;2,5,7-8H,1H2. The molecule has 2 aliphatic rings. The number of ether oxygens (including phenoxy) is 2. The van der Waals surface area contributed by atoms with Gasteiger partial charge in [0.05, 0.1) is 13.2 Å². The van der Waals surface area contributed by atoms with Crippen LogP contribution in [0.3, 0.4) is 0 Å². The minimum Gasteiger partial charge on any atom is -0.505 e. The van der Waals surface area contributed by atoms with Crippen molar-refractivity contribution in [2.24, 2.45) is 0 Å². The Morgan fingerprint density at radius 1 is 0.833 bits per heavy atom. The van der Waals surface area contributed by atoms with Gasteiger partial charge in [-0.15, -0.1) is 0 Å². The van der Waals surface area contributed by atoms with Crippen LogP contribution in [0.4, 0.5) is 0 Å². The maximum absolute atomic E-state index is 10.7. The van der Waals surface area contributed by atoms with Crippen LogP contribution < -0.4 is 0 Å². The zero-order valence-corrected chi connectivity index (χ0v) is 11.9. The summed E-state index contributed by atoms with van der Waals surface area (Å²) in [7, 11) is 0. The van der Waals surface area contributed by atoms with E-state index in [4.69, 9.17) is 30.6 Å². The van der Waals surface area contributed by atoms with Crippen LogP contribution in [0.1, 0.15) is 0 Å². The minimum atomic E-state index is -1.53. The summed E-state index contributed by atoms with van der Waals surface area (Å²) in [6, 6.07) is 0. The Kier molecular flexibility index (Phi) is 6.36. The fraction of sp³-hybridized carbons (Fsp3) is 0.500. The Hall–Kier alpha value is -2.54. The van der Waals surface area contributed by atoms with Gasteiger partial charge >= 0.3 is 17.7 Å². The van der Waals surface area contributed by atoms with Crippen molar-refractivity contribution in [1.29, 1.82) is 0 Å². The third kappa shape index (κ3) is 3.86. The molecule has 1 saturated heterocycles. The summed E-state index contributed by atoms with van der Waals surface area (Å²) in [4.78, 5) is 42.2. The molecule has 2 rings (SSSR count). The molecule has 1 fully saturated rings. The normalized spacial score (nSPS) is 25.8. The van der Waals surface area contributed by atoms with Gasteiger partial charge in [-0.1, -0.05) is 0 Å². The SMILES string of the molecule is O=C1OC(C(O)CO)C(=O)C1=O.O=C1OC(C(O)CO)C(O)=C1O. The van der Waals surface area contributed by atoms with Crippen LogP contribution in [-0.2, 0) is 28.7 Å². The summed E-state index contributed by atoms with van der Waals surface area (Å²) < 4.78 is 8.51. The Labute approximate surface area is 133 Å². The van der Waals surface area contributed by atoms with Crippen LogP contribution in [0.5, 0.6) is 0 Å². The third-order valence-electron chi connectivity index (χ3n) is 2.91. The molecular formula is C12H14O12. The molecule has 0 radical (unpaired) electrons. The second kappa shape index (κ2) is 7.83. The maximum Gasteiger partial charge on any atom is 0.383 e. The lowest BCUT2D eigenvalue weighted by molar-refractivity contribution is -0.152. The summed E-state index contributed by atoms with van der Waals surface area (Å²) in [5.41, 5.74) is 0. The molecule has 12 nitrogen and oxygen atoms in total. The highest BCUT2D eigenvalue weighted by atomic mass is 16.6. The van der Waals surface area contributed by atoms with Crippen molar-refractivity contribution < 1.29 is 59.3 Å². The van der Waals surface area contributed by atoms with Gasteiger partial charge in [-0.25, -0.2) is 9.59 Å². The van der Waals surface area contributed by atoms with Crippen molar-refractivity contribution >= 4 is 23.5 Å². The number of aliphatic hydroxyl groups is 6. The predicted molar refractivity (Wildman–Crippen MR) is 68.2 cm³/mol. The average molecular weight is 350 g/mol. The van der Waals surface area contributed by atoms with Crippen molar-refractivity contribution in [2.75, 3.05) is 13.2 Å². The molecule has 6 N–H and O–H groups in total. The molecule has 0 bridgehead atoms. The molecule has 0 saturated carbocycles. The smallest absolute Gasteiger partial charge is 0.383 e. The van der Waals surface area contributed by atoms with Crippen LogP contribution >= 0.6 is 0 Å². The van der Waals surface area contributed by atoms with Gasteiger partial charge in [-0.2, -0.15) is 0 Å². The molecule has 0 aromatic rings. The molecule has 24 heavy (non-hydrogen) atoms. The second-order valence-corrected chi connectivity index (χ2v) is 4.58. The zero-order chi connectivity index (χ0) is 18.6. The predicted octanol–water partition coefficient (Wildman–Crippen LogP) is -4.00. The number of cyclic esters (lactones) is 2. The van der Waals surface area contributed by atoms with Crippen molar-refractivity contribution in [2.45, 2.75) is 24.4 Å². The lowest BCUT2D eigenvalue weighted by atomic mass is 10.1. The van der Waals surface area contributed by atoms with Crippen LogP contribution in [0.2, 0.25) is 0 Å². The first-order valence-corrected chi connectivity index (χ1v) is 6.35. The van der Waals surface area contributed by atoms with E-state index in [2.05, 4.69) is 9.47 Å². The molecule has 4 atom stereocenters. The lowest BCUT2D eigenvalue weighted by Gasteiger charge is -2.13. The van der Waals surface area contributed by atoms with Gasteiger partial charge in [0.25, 0.3) is 5.78 Å². The summed E-state index contributed by atoms with van der Waals surface area (Å²) in [6.45, 7) is -1.41. The fourth-order valence-corrected chi connectivity index (χ4v) is 1.62. The maximum atomic E-state index is 10.7. The van der Waals surface area contributed by atoms with E-state index >= 15 is 0 Å². The molecule has 0 amide bonds. The highest BCUT2D eigenvalue weighted by Crippen LogP contribution is 2.20. The summed E-state index contributed by atoms with van der Waals surface area (Å²) in [6.07, 6.45) is -5.83. The molecule has 2 aliphatic heterocycles. The molecule has 4 unspecified atom stereocenters. The van der Waals surface area contributed by atoms with Gasteiger partial charge in [0.2, 0.25) is 5.76 Å². The number of Topliss-reactive ketones (excluding diaryl/α,β-unsaturated/α-hetero) is 2. The molecule has 134 valence electrons. The summed E-state index contributed by atoms with van der Waals surface area (Å²) >= 11 is 0. The van der Waals surface area contributed by atoms with E-state index in [0.717, 1.165) is 0 Å². The number of esters is 2. The summed E-state index contributed by atoms with van der Waals surface area (Å²) in [5, 5.41) is 52.3. The van der Waals surface area contributed by atoms with Gasteiger partial charge < -0.3 is 40.1 Å². The van der Waals surface area contributed by atoms with E-state index in [1.54, 1.807) is 0 Å². The molecular weight excluding hydrogens is 336 g/mol. The second-order valence-electron chi connectivity index (χ2n) is 4.58. The zero-order valence-electron chi connectivity index (χ0n) is 11.9. The van der Waals surface area contributed by atoms with Crippen LogP contribution in [0.15, 0.2) is 11.5 Å². The van der Waals surface area contributed by atoms with Gasteiger partial charge in [0.1, 0.15) is 12.2 Å². The van der Waals surface area contributed by atoms with Crippen molar-refractivity contribution in [3.63, 3.8) is 0 Å². The first-order chi connectivity index (χ1) is 11.1. The molecule has 2 heterocycles. The fourth-order valence-electron chi connectivity index (χ4n) is 1.62. The van der Waals surface area contributed by atoms with E-state index in [0.29, 0.717) is 0 Å². The highest BCUT2D eigenvalue weighted by Gasteiger charge is 2.45. The number of hydrogen-bond donors (Lipinski definition) is 6. The Morgan fingerprint density at radius 3 is 1.62 bits per heavy atom. The topological polar surface area (TPSA) is 208 Å². The Balaban J connectivity index is 0.000000240. The summed E-state index contributed by atoms with van der Waals surface area (Å²) in [5.74, 6) is -6.45. The minimum absolute atomic E-state index is 0.671. The first-order valence-electron chi connectivity index (χ1n) is 6.35. The highest BCUT2D eigenvalue weighted by molar-refractivity contribution is 6.65. The number of ketones is 2. The van der Waals surface area contributed by atoms with E-state index in [-0.39, 0.29) is 0 Å². The molecule has 0 aromatic carbocycles. The van der Waals surface area contributed by atoms with Crippen LogP contribution in [-0.4, -0.2) is 91.8 Å². The molecule has 0 spiro atoms. The molecule has 0 aliphatic carbocycles. The van der Waals surface area contributed by atoms with Crippen LogP contribution in [0, 0.1) is 0 Å². The number of rotatable bonds is 4. The van der Waals surface area contributed by atoms with Gasteiger partial charge in [0.15, 0.2) is 18.0 Å². The number of carbonyl (C=O) groups is 4. The van der Waals surface area contributed by atoms with Crippen molar-refractivity contribution in [3.05, 3.63) is 11.5 Å². The average Bonchev–Trinajstić information content (AvgIpc) is 2.98. The third-order valence-corrected chi connectivity index (χ3v) is 2.91. The first kappa shape index (κ1) is 19.5. The van der Waals surface area contributed by atoms with E-state index in [1.165, 1.54) is 0 Å². The lowest BCUT2D eigenvalue weighted by Crippen LogP contribution is -2.35. The van der Waals surface area contributed by atoms with E-state index < -0.39 is 72.7 Å². The monoisotopic (exact) mass is 350 g/mol. The Morgan fingerprint density at radius 2 is 1.29 bits per heavy atom.